The average molecular weight is 312 g/mol. The number of rotatable bonds is 15. The zero-order chi connectivity index (χ0) is 16.0. The fourth-order valence-corrected chi connectivity index (χ4v) is 3.53. The summed E-state index contributed by atoms with van der Waals surface area (Å²) >= 11 is 0. The summed E-state index contributed by atoms with van der Waals surface area (Å²) in [5.74, 6) is 0. The normalized spacial score (nSPS) is 21.3. The van der Waals surface area contributed by atoms with Crippen LogP contribution in [0.2, 0.25) is 0 Å². The molecule has 0 bridgehead atoms. The van der Waals surface area contributed by atoms with Gasteiger partial charge in [-0.25, -0.2) is 0 Å². The summed E-state index contributed by atoms with van der Waals surface area (Å²) in [5.41, 5.74) is 0. The maximum atomic E-state index is 5.41. The number of nitrogens with one attached hydrogen (secondary N) is 1. The monoisotopic (exact) mass is 311 g/mol. The Balaban J connectivity index is 2.14. The van der Waals surface area contributed by atoms with Crippen molar-refractivity contribution in [3.8, 4) is 0 Å². The molecule has 1 rings (SSSR count). The van der Waals surface area contributed by atoms with Gasteiger partial charge in [-0.1, -0.05) is 78.1 Å². The van der Waals surface area contributed by atoms with E-state index in [1.165, 1.54) is 89.9 Å². The molecule has 1 aliphatic carbocycles. The smallest absolute Gasteiger partial charge is 0.0601 e. The Morgan fingerprint density at radius 1 is 0.818 bits per heavy atom. The van der Waals surface area contributed by atoms with E-state index in [4.69, 9.17) is 4.74 Å². The van der Waals surface area contributed by atoms with Gasteiger partial charge in [0, 0.05) is 19.2 Å². The van der Waals surface area contributed by atoms with Crippen LogP contribution in [0.3, 0.4) is 0 Å². The van der Waals surface area contributed by atoms with Gasteiger partial charge in [-0.05, 0) is 25.7 Å². The Labute approximate surface area is 139 Å². The van der Waals surface area contributed by atoms with E-state index < -0.39 is 0 Å². The van der Waals surface area contributed by atoms with Crippen LogP contribution in [-0.4, -0.2) is 25.3 Å². The lowest BCUT2D eigenvalue weighted by Crippen LogP contribution is -2.49. The van der Waals surface area contributed by atoms with Gasteiger partial charge in [0.2, 0.25) is 0 Å². The molecule has 2 nitrogen and oxygen atoms in total. The average Bonchev–Trinajstić information content (AvgIpc) is 2.49. The number of hydrogen-bond acceptors (Lipinski definition) is 2. The Morgan fingerprint density at radius 2 is 1.32 bits per heavy atom. The summed E-state index contributed by atoms with van der Waals surface area (Å²) in [7, 11) is 1.85. The molecule has 0 amide bonds. The lowest BCUT2D eigenvalue weighted by Gasteiger charge is -2.37. The second-order valence-electron chi connectivity index (χ2n) is 7.30. The number of methoxy groups -OCH3 is 1. The Hall–Kier alpha value is -0.0800. The highest BCUT2D eigenvalue weighted by Gasteiger charge is 2.30. The van der Waals surface area contributed by atoms with Gasteiger partial charge in [0.25, 0.3) is 0 Å². The minimum Gasteiger partial charge on any atom is -0.381 e. The van der Waals surface area contributed by atoms with E-state index in [1.807, 2.05) is 7.11 Å². The van der Waals surface area contributed by atoms with Gasteiger partial charge < -0.3 is 10.1 Å². The van der Waals surface area contributed by atoms with Crippen LogP contribution in [0.25, 0.3) is 0 Å². The van der Waals surface area contributed by atoms with Crippen LogP contribution in [0.15, 0.2) is 0 Å². The third-order valence-corrected chi connectivity index (χ3v) is 5.21. The summed E-state index contributed by atoms with van der Waals surface area (Å²) in [6.07, 6.45) is 19.8. The maximum Gasteiger partial charge on any atom is 0.0601 e. The maximum absolute atomic E-state index is 5.41. The molecule has 0 saturated heterocycles. The molecule has 0 radical (unpaired) electrons. The van der Waals surface area contributed by atoms with Gasteiger partial charge >= 0.3 is 0 Å². The van der Waals surface area contributed by atoms with Gasteiger partial charge in [-0.3, -0.25) is 0 Å². The molecule has 1 N–H and O–H groups in total. The standard InChI is InChI=1S/C20H41NO/c1-4-6-8-10-12-14-18(15-13-11-9-7-5-2)21-19-16-20(17-19)22-3/h18-21H,4-17H2,1-3H3/t19-,20+. The Kier molecular flexibility index (Phi) is 12.1. The minimum absolute atomic E-state index is 0.521. The summed E-state index contributed by atoms with van der Waals surface area (Å²) in [6, 6.07) is 1.48. The van der Waals surface area contributed by atoms with Crippen molar-refractivity contribution in [1.82, 2.24) is 5.32 Å². The lowest BCUT2D eigenvalue weighted by atomic mass is 9.87. The first-order chi connectivity index (χ1) is 10.8. The number of ether oxygens (including phenoxy) is 1. The fraction of sp³-hybridized carbons (Fsp3) is 1.00. The summed E-state index contributed by atoms with van der Waals surface area (Å²) in [6.45, 7) is 4.59. The zero-order valence-corrected chi connectivity index (χ0v) is 15.5. The molecule has 0 aromatic carbocycles. The number of hydrogen-bond donors (Lipinski definition) is 1. The molecule has 0 aromatic rings. The van der Waals surface area contributed by atoms with Crippen molar-refractivity contribution in [3.05, 3.63) is 0 Å². The van der Waals surface area contributed by atoms with Crippen molar-refractivity contribution in [3.63, 3.8) is 0 Å². The van der Waals surface area contributed by atoms with E-state index in [9.17, 15) is 0 Å². The van der Waals surface area contributed by atoms with Gasteiger partial charge in [-0.15, -0.1) is 0 Å². The SMILES string of the molecule is CCCCCCCC(CCCCCCC)N[C@H]1C[C@@H](OC)C1. The van der Waals surface area contributed by atoms with Crippen LogP contribution in [0, 0.1) is 0 Å². The van der Waals surface area contributed by atoms with E-state index in [-0.39, 0.29) is 0 Å². The first-order valence-corrected chi connectivity index (χ1v) is 10.1. The molecule has 22 heavy (non-hydrogen) atoms. The minimum atomic E-state index is 0.521. The van der Waals surface area contributed by atoms with E-state index in [1.54, 1.807) is 0 Å². The highest BCUT2D eigenvalue weighted by Crippen LogP contribution is 2.24. The molecule has 132 valence electrons. The van der Waals surface area contributed by atoms with Crippen LogP contribution in [0.5, 0.6) is 0 Å². The van der Waals surface area contributed by atoms with Gasteiger partial charge in [0.05, 0.1) is 6.10 Å². The molecule has 0 heterocycles. The van der Waals surface area contributed by atoms with Crippen LogP contribution < -0.4 is 5.32 Å². The van der Waals surface area contributed by atoms with Crippen LogP contribution in [0.1, 0.15) is 104 Å². The van der Waals surface area contributed by atoms with Crippen molar-refractivity contribution in [1.29, 1.82) is 0 Å². The summed E-state index contributed by atoms with van der Waals surface area (Å²) < 4.78 is 5.41. The molecule has 0 aliphatic heterocycles. The molecule has 2 heteroatoms. The topological polar surface area (TPSA) is 21.3 Å². The van der Waals surface area contributed by atoms with E-state index in [0.717, 1.165) is 12.1 Å². The lowest BCUT2D eigenvalue weighted by molar-refractivity contribution is 0.0134. The molecule has 1 fully saturated rings. The molecule has 0 aromatic heterocycles. The second kappa shape index (κ2) is 13.4. The predicted molar refractivity (Wildman–Crippen MR) is 97.5 cm³/mol. The quantitative estimate of drug-likeness (QED) is 0.383. The van der Waals surface area contributed by atoms with Gasteiger partial charge in [0.1, 0.15) is 0 Å². The van der Waals surface area contributed by atoms with Crippen molar-refractivity contribution >= 4 is 0 Å². The second-order valence-corrected chi connectivity index (χ2v) is 7.30. The van der Waals surface area contributed by atoms with Crippen molar-refractivity contribution in [2.24, 2.45) is 0 Å². The Bertz CT molecular complexity index is 224. The molecule has 0 spiro atoms. The molecule has 0 atom stereocenters. The van der Waals surface area contributed by atoms with E-state index in [0.29, 0.717) is 6.10 Å². The zero-order valence-electron chi connectivity index (χ0n) is 15.5. The highest BCUT2D eigenvalue weighted by molar-refractivity contribution is 4.88. The summed E-state index contributed by atoms with van der Waals surface area (Å²) in [5, 5.41) is 3.92. The van der Waals surface area contributed by atoms with Gasteiger partial charge in [0.15, 0.2) is 0 Å². The third-order valence-electron chi connectivity index (χ3n) is 5.21. The Morgan fingerprint density at radius 3 is 1.77 bits per heavy atom. The first kappa shape index (κ1) is 20.0. The molecule has 1 aliphatic rings. The summed E-state index contributed by atoms with van der Waals surface area (Å²) in [4.78, 5) is 0. The fourth-order valence-electron chi connectivity index (χ4n) is 3.53. The van der Waals surface area contributed by atoms with Crippen molar-refractivity contribution in [2.45, 2.75) is 122 Å². The van der Waals surface area contributed by atoms with Crippen molar-refractivity contribution < 1.29 is 4.74 Å². The predicted octanol–water partition coefficient (Wildman–Crippen LogP) is 5.84. The highest BCUT2D eigenvalue weighted by atomic mass is 16.5. The molecular formula is C20H41NO. The number of unbranched alkanes of at least 4 members (excludes halogenated alkanes) is 8. The van der Waals surface area contributed by atoms with Crippen LogP contribution in [-0.2, 0) is 4.74 Å². The van der Waals surface area contributed by atoms with Gasteiger partial charge in [-0.2, -0.15) is 0 Å². The van der Waals surface area contributed by atoms with Crippen LogP contribution >= 0.6 is 0 Å². The van der Waals surface area contributed by atoms with E-state index >= 15 is 0 Å². The first-order valence-electron chi connectivity index (χ1n) is 10.1. The largest absolute Gasteiger partial charge is 0.381 e. The molecular weight excluding hydrogens is 270 g/mol. The molecule has 1 saturated carbocycles. The van der Waals surface area contributed by atoms with E-state index in [2.05, 4.69) is 19.2 Å². The van der Waals surface area contributed by atoms with Crippen LogP contribution in [0.4, 0.5) is 0 Å². The molecule has 0 unspecified atom stereocenters. The van der Waals surface area contributed by atoms with Crippen molar-refractivity contribution in [2.75, 3.05) is 7.11 Å². The third kappa shape index (κ3) is 9.15.